The maximum Gasteiger partial charge on any atom is 0.251 e. The number of fused-ring (bicyclic) bond motifs is 2. The number of hydrogen-bond donors (Lipinski definition) is 2. The molecule has 176 valence electrons. The predicted octanol–water partition coefficient (Wildman–Crippen LogP) is 3.36. The Labute approximate surface area is 204 Å². The molecule has 0 spiro atoms. The van der Waals surface area contributed by atoms with Crippen LogP contribution in [-0.4, -0.2) is 38.9 Å². The van der Waals surface area contributed by atoms with Crippen molar-refractivity contribution in [3.8, 4) is 11.5 Å². The Hall–Kier alpha value is -3.31. The highest BCUT2D eigenvalue weighted by molar-refractivity contribution is 7.99. The van der Waals surface area contributed by atoms with Crippen molar-refractivity contribution < 1.29 is 19.1 Å². The number of rotatable bonds is 8. The lowest BCUT2D eigenvalue weighted by Gasteiger charge is -2.26. The number of thiophene rings is 1. The molecule has 0 saturated heterocycles. The van der Waals surface area contributed by atoms with Crippen LogP contribution in [0.15, 0.2) is 42.1 Å². The van der Waals surface area contributed by atoms with Crippen molar-refractivity contribution in [2.24, 2.45) is 5.73 Å². The monoisotopic (exact) mass is 497 g/mol. The number of nitrogens with two attached hydrogens (primary N) is 1. The van der Waals surface area contributed by atoms with Gasteiger partial charge in [0.1, 0.15) is 11.6 Å². The molecule has 2 amide bonds. The maximum atomic E-state index is 12.7. The van der Waals surface area contributed by atoms with E-state index in [1.165, 1.54) is 23.1 Å². The minimum absolute atomic E-state index is 0.0981. The van der Waals surface area contributed by atoms with Crippen LogP contribution in [0.4, 0.5) is 5.00 Å². The van der Waals surface area contributed by atoms with Crippen LogP contribution in [0.1, 0.15) is 39.1 Å². The molecule has 1 atom stereocenters. The largest absolute Gasteiger partial charge is 0.485 e. The molecule has 1 aromatic carbocycles. The van der Waals surface area contributed by atoms with E-state index in [4.69, 9.17) is 15.2 Å². The second-order valence-electron chi connectivity index (χ2n) is 7.87. The van der Waals surface area contributed by atoms with Crippen LogP contribution < -0.4 is 20.5 Å². The number of allylic oxidation sites excluding steroid dienone is 1. The number of carbonyl (C=O) groups is 2. The summed E-state index contributed by atoms with van der Waals surface area (Å²) in [5, 5.41) is 12.5. The van der Waals surface area contributed by atoms with Crippen molar-refractivity contribution in [1.29, 1.82) is 0 Å². The maximum absolute atomic E-state index is 12.7. The third-order valence-electron chi connectivity index (χ3n) is 5.61. The van der Waals surface area contributed by atoms with Gasteiger partial charge in [-0.1, -0.05) is 30.0 Å². The zero-order valence-corrected chi connectivity index (χ0v) is 19.9. The summed E-state index contributed by atoms with van der Waals surface area (Å²) in [5.74, 6) is 1.29. The van der Waals surface area contributed by atoms with Gasteiger partial charge in [-0.2, -0.15) is 0 Å². The van der Waals surface area contributed by atoms with Crippen molar-refractivity contribution in [1.82, 2.24) is 14.8 Å². The molecular formula is C23H23N5O4S2. The summed E-state index contributed by atoms with van der Waals surface area (Å²) in [6.45, 7) is 4.58. The summed E-state index contributed by atoms with van der Waals surface area (Å²) in [6, 6.07) is 7.46. The van der Waals surface area contributed by atoms with E-state index in [0.29, 0.717) is 46.2 Å². The molecule has 9 nitrogen and oxygen atoms in total. The van der Waals surface area contributed by atoms with Gasteiger partial charge in [0.2, 0.25) is 5.91 Å². The summed E-state index contributed by atoms with van der Waals surface area (Å²) in [6.07, 6.45) is 4.04. The van der Waals surface area contributed by atoms with Crippen LogP contribution >= 0.6 is 23.1 Å². The average Bonchev–Trinajstić information content (AvgIpc) is 3.52. The van der Waals surface area contributed by atoms with Gasteiger partial charge in [-0.3, -0.25) is 14.2 Å². The summed E-state index contributed by atoms with van der Waals surface area (Å²) in [5.41, 5.74) is 7.01. The minimum atomic E-state index is -0.506. The number of benzene rings is 1. The van der Waals surface area contributed by atoms with Gasteiger partial charge < -0.3 is 20.5 Å². The first-order chi connectivity index (χ1) is 16.5. The highest BCUT2D eigenvalue weighted by Gasteiger charge is 2.29. The van der Waals surface area contributed by atoms with Gasteiger partial charge in [-0.05, 0) is 37.0 Å². The zero-order valence-electron chi connectivity index (χ0n) is 18.3. The second kappa shape index (κ2) is 9.51. The molecule has 5 rings (SSSR count). The van der Waals surface area contributed by atoms with Gasteiger partial charge in [0, 0.05) is 11.4 Å². The number of nitrogens with one attached hydrogen (secondary N) is 1. The summed E-state index contributed by atoms with van der Waals surface area (Å²) >= 11 is 2.69. The summed E-state index contributed by atoms with van der Waals surface area (Å²) < 4.78 is 13.8. The van der Waals surface area contributed by atoms with Gasteiger partial charge in [-0.15, -0.1) is 28.1 Å². The first-order valence-corrected chi connectivity index (χ1v) is 12.6. The van der Waals surface area contributed by atoms with E-state index < -0.39 is 12.0 Å². The topological polar surface area (TPSA) is 121 Å². The van der Waals surface area contributed by atoms with Crippen LogP contribution in [0.2, 0.25) is 0 Å². The van der Waals surface area contributed by atoms with Crippen molar-refractivity contribution >= 4 is 39.9 Å². The van der Waals surface area contributed by atoms with Gasteiger partial charge in [0.15, 0.2) is 28.6 Å². The van der Waals surface area contributed by atoms with Gasteiger partial charge in [0.05, 0.1) is 11.3 Å². The average molecular weight is 498 g/mol. The van der Waals surface area contributed by atoms with Crippen LogP contribution in [0.25, 0.3) is 0 Å². The van der Waals surface area contributed by atoms with E-state index in [0.717, 1.165) is 29.7 Å². The molecule has 0 radical (unpaired) electrons. The van der Waals surface area contributed by atoms with E-state index in [9.17, 15) is 9.59 Å². The zero-order chi connectivity index (χ0) is 23.7. The number of carbonyl (C=O) groups excluding carboxylic acids is 2. The molecular weight excluding hydrogens is 474 g/mol. The first-order valence-electron chi connectivity index (χ1n) is 10.8. The molecule has 11 heteroatoms. The van der Waals surface area contributed by atoms with Crippen molar-refractivity contribution in [2.45, 2.75) is 37.1 Å². The Balaban J connectivity index is 1.28. The SMILES string of the molecule is C=CCn1c(SCC(=O)Nc2sc3c(c2C(N)=O)CCC3)nnc1C1COc2ccccc2O1. The molecule has 1 unspecified atom stereocenters. The summed E-state index contributed by atoms with van der Waals surface area (Å²) in [4.78, 5) is 25.8. The number of aryl methyl sites for hydroxylation is 1. The van der Waals surface area contributed by atoms with Crippen molar-refractivity contribution in [3.05, 3.63) is 58.7 Å². The van der Waals surface area contributed by atoms with Crippen molar-refractivity contribution in [3.63, 3.8) is 0 Å². The molecule has 1 aliphatic carbocycles. The third-order valence-corrected chi connectivity index (χ3v) is 7.78. The molecule has 3 heterocycles. The fourth-order valence-electron chi connectivity index (χ4n) is 4.14. The number of anilines is 1. The van der Waals surface area contributed by atoms with Gasteiger partial charge >= 0.3 is 0 Å². The smallest absolute Gasteiger partial charge is 0.251 e. The molecule has 0 bridgehead atoms. The molecule has 2 aliphatic rings. The summed E-state index contributed by atoms with van der Waals surface area (Å²) in [7, 11) is 0. The Kier molecular flexibility index (Phi) is 6.29. The van der Waals surface area contributed by atoms with E-state index >= 15 is 0 Å². The lowest BCUT2D eigenvalue weighted by molar-refractivity contribution is -0.113. The molecule has 3 N–H and O–H groups in total. The van der Waals surface area contributed by atoms with E-state index in [1.807, 2.05) is 28.8 Å². The van der Waals surface area contributed by atoms with Crippen LogP contribution in [0.3, 0.4) is 0 Å². The molecule has 34 heavy (non-hydrogen) atoms. The fourth-order valence-corrected chi connectivity index (χ4v) is 6.20. The van der Waals surface area contributed by atoms with Gasteiger partial charge in [0.25, 0.3) is 5.91 Å². The number of ether oxygens (including phenoxy) is 2. The predicted molar refractivity (Wildman–Crippen MR) is 130 cm³/mol. The van der Waals surface area contributed by atoms with Gasteiger partial charge in [-0.25, -0.2) is 0 Å². The molecule has 1 aliphatic heterocycles. The lowest BCUT2D eigenvalue weighted by atomic mass is 10.1. The molecule has 0 fully saturated rings. The van der Waals surface area contributed by atoms with E-state index in [-0.39, 0.29) is 11.7 Å². The third kappa shape index (κ3) is 4.28. The first kappa shape index (κ1) is 22.5. The quantitative estimate of drug-likeness (QED) is 0.362. The lowest BCUT2D eigenvalue weighted by Crippen LogP contribution is -2.25. The highest BCUT2D eigenvalue weighted by atomic mass is 32.2. The van der Waals surface area contributed by atoms with Crippen LogP contribution in [0.5, 0.6) is 11.5 Å². The standard InChI is InChI=1S/C23H23N5O4S2/c1-2-10-28-21(16-11-31-14-7-3-4-8-15(14)32-16)26-27-23(28)33-12-18(29)25-22-19(20(24)30)13-6-5-9-17(13)34-22/h2-4,7-8,16H,1,5-6,9-12H2,(H2,24,30)(H,25,29). The normalized spacial score (nSPS) is 16.2. The van der Waals surface area contributed by atoms with Crippen LogP contribution in [0, 0.1) is 0 Å². The van der Waals surface area contributed by atoms with Crippen molar-refractivity contribution in [2.75, 3.05) is 17.7 Å². The molecule has 2 aromatic heterocycles. The van der Waals surface area contributed by atoms with Crippen LogP contribution in [-0.2, 0) is 24.2 Å². The minimum Gasteiger partial charge on any atom is -0.485 e. The van der Waals surface area contributed by atoms with E-state index in [2.05, 4.69) is 22.1 Å². The fraction of sp³-hybridized carbons (Fsp3) is 0.304. The Morgan fingerprint density at radius 1 is 1.29 bits per heavy atom. The second-order valence-corrected chi connectivity index (χ2v) is 9.91. The molecule has 3 aromatic rings. The Bertz CT molecular complexity index is 1270. The number of hydrogen-bond acceptors (Lipinski definition) is 8. The number of thioether (sulfide) groups is 1. The number of aromatic nitrogens is 3. The Morgan fingerprint density at radius 2 is 2.12 bits per heavy atom. The number of amides is 2. The number of nitrogens with zero attached hydrogens (tertiary/aromatic N) is 3. The number of para-hydroxylation sites is 2. The highest BCUT2D eigenvalue weighted by Crippen LogP contribution is 2.39. The number of primary amides is 1. The van der Waals surface area contributed by atoms with E-state index in [1.54, 1.807) is 6.08 Å². The Morgan fingerprint density at radius 3 is 2.91 bits per heavy atom. The molecule has 0 saturated carbocycles.